The number of rotatable bonds is 3. The van der Waals surface area contributed by atoms with Crippen LogP contribution in [0.15, 0.2) is 24.3 Å². The van der Waals surface area contributed by atoms with E-state index in [-0.39, 0.29) is 12.1 Å². The molecule has 0 aromatic heterocycles. The fraction of sp³-hybridized carbons (Fsp3) is 0.455. The molecule has 1 unspecified atom stereocenters. The van der Waals surface area contributed by atoms with Crippen LogP contribution in [0.25, 0.3) is 0 Å². The molecule has 0 amide bonds. The first-order valence-corrected chi connectivity index (χ1v) is 5.34. The van der Waals surface area contributed by atoms with Gasteiger partial charge in [-0.25, -0.2) is 0 Å². The molecule has 0 spiro atoms. The summed E-state index contributed by atoms with van der Waals surface area (Å²) in [6.45, 7) is 1.32. The lowest BCUT2D eigenvalue weighted by Gasteiger charge is -2.27. The molecule has 0 radical (unpaired) electrons. The largest absolute Gasteiger partial charge is 0.394 e. The Morgan fingerprint density at radius 1 is 1.40 bits per heavy atom. The van der Waals surface area contributed by atoms with Crippen LogP contribution >= 0.6 is 11.6 Å². The number of aliphatic hydroxyl groups excluding tert-OH is 1. The highest BCUT2D eigenvalue weighted by atomic mass is 35.5. The Hall–Kier alpha value is -0.770. The summed E-state index contributed by atoms with van der Waals surface area (Å²) in [5.74, 6) is 0. The quantitative estimate of drug-likeness (QED) is 0.829. The Bertz CT molecular complexity index is 320. The third-order valence-electron chi connectivity index (χ3n) is 2.66. The smallest absolute Gasteiger partial charge is 0.0859 e. The fourth-order valence-electron chi connectivity index (χ4n) is 1.71. The van der Waals surface area contributed by atoms with Crippen molar-refractivity contribution in [2.24, 2.45) is 0 Å². The molecule has 1 atom stereocenters. The Balaban J connectivity index is 2.09. The molecule has 15 heavy (non-hydrogen) atoms. The molecule has 82 valence electrons. The number of aliphatic hydroxyl groups is 1. The van der Waals surface area contributed by atoms with Crippen LogP contribution in [0.4, 0.5) is 5.69 Å². The van der Waals surface area contributed by atoms with Gasteiger partial charge in [0.2, 0.25) is 0 Å². The van der Waals surface area contributed by atoms with E-state index in [0.717, 1.165) is 12.1 Å². The molecule has 1 heterocycles. The number of benzene rings is 1. The van der Waals surface area contributed by atoms with Gasteiger partial charge in [-0.2, -0.15) is 0 Å². The van der Waals surface area contributed by atoms with Crippen molar-refractivity contribution in [3.05, 3.63) is 29.3 Å². The van der Waals surface area contributed by atoms with Crippen molar-refractivity contribution >= 4 is 17.3 Å². The number of ether oxygens (including phenoxy) is 1. The third-order valence-corrected chi connectivity index (χ3v) is 2.91. The molecule has 2 rings (SSSR count). The number of halogens is 1. The molecule has 0 saturated carbocycles. The van der Waals surface area contributed by atoms with Crippen molar-refractivity contribution in [3.63, 3.8) is 0 Å². The van der Waals surface area contributed by atoms with E-state index in [1.807, 2.05) is 24.3 Å². The second-order valence-electron chi connectivity index (χ2n) is 3.87. The maximum absolute atomic E-state index is 9.36. The summed E-state index contributed by atoms with van der Waals surface area (Å²) in [6, 6.07) is 7.45. The average Bonchev–Trinajstić information content (AvgIpc) is 2.71. The van der Waals surface area contributed by atoms with Crippen molar-refractivity contribution in [1.29, 1.82) is 0 Å². The summed E-state index contributed by atoms with van der Waals surface area (Å²) in [6.07, 6.45) is 0.826. The zero-order valence-corrected chi connectivity index (χ0v) is 9.13. The Morgan fingerprint density at radius 2 is 2.13 bits per heavy atom. The molecule has 1 fully saturated rings. The zero-order chi connectivity index (χ0) is 10.7. The minimum absolute atomic E-state index is 0.0790. The first-order valence-electron chi connectivity index (χ1n) is 4.96. The van der Waals surface area contributed by atoms with Gasteiger partial charge in [0.05, 0.1) is 18.8 Å². The predicted octanol–water partition coefficient (Wildman–Crippen LogP) is 1.90. The standard InChI is InChI=1S/C11H14ClNO2/c12-9-1-3-10(4-2-9)13-11(7-14)5-6-15-8-11/h1-4,13-14H,5-8H2. The van der Waals surface area contributed by atoms with Gasteiger partial charge >= 0.3 is 0 Å². The van der Waals surface area contributed by atoms with Gasteiger partial charge in [0.15, 0.2) is 0 Å². The minimum atomic E-state index is -0.326. The Kier molecular flexibility index (Phi) is 3.14. The Morgan fingerprint density at radius 3 is 2.67 bits per heavy atom. The zero-order valence-electron chi connectivity index (χ0n) is 8.37. The number of hydrogen-bond donors (Lipinski definition) is 2. The van der Waals surface area contributed by atoms with Crippen LogP contribution in [0.1, 0.15) is 6.42 Å². The molecular weight excluding hydrogens is 214 g/mol. The molecule has 1 aromatic rings. The van der Waals surface area contributed by atoms with Gasteiger partial charge in [-0.3, -0.25) is 0 Å². The second-order valence-corrected chi connectivity index (χ2v) is 4.31. The highest BCUT2D eigenvalue weighted by Crippen LogP contribution is 2.24. The van der Waals surface area contributed by atoms with E-state index in [2.05, 4.69) is 5.32 Å². The van der Waals surface area contributed by atoms with Crippen molar-refractivity contribution < 1.29 is 9.84 Å². The fourth-order valence-corrected chi connectivity index (χ4v) is 1.84. The Labute approximate surface area is 94.0 Å². The first kappa shape index (κ1) is 10.7. The van der Waals surface area contributed by atoms with Gasteiger partial charge in [-0.1, -0.05) is 11.6 Å². The maximum atomic E-state index is 9.36. The molecule has 0 bridgehead atoms. The third kappa shape index (κ3) is 2.43. The van der Waals surface area contributed by atoms with Gasteiger partial charge in [0.1, 0.15) is 0 Å². The van der Waals surface area contributed by atoms with E-state index in [1.54, 1.807) is 0 Å². The van der Waals surface area contributed by atoms with E-state index in [1.165, 1.54) is 0 Å². The predicted molar refractivity (Wildman–Crippen MR) is 60.3 cm³/mol. The highest BCUT2D eigenvalue weighted by Gasteiger charge is 2.33. The van der Waals surface area contributed by atoms with Gasteiger partial charge in [0, 0.05) is 17.3 Å². The van der Waals surface area contributed by atoms with Crippen LogP contribution in [0.3, 0.4) is 0 Å². The molecule has 3 nitrogen and oxygen atoms in total. The number of nitrogens with one attached hydrogen (secondary N) is 1. The SMILES string of the molecule is OCC1(Nc2ccc(Cl)cc2)CCOC1. The lowest BCUT2D eigenvalue weighted by molar-refractivity contribution is 0.152. The summed E-state index contributed by atoms with van der Waals surface area (Å²) < 4.78 is 5.30. The molecule has 1 aromatic carbocycles. The summed E-state index contributed by atoms with van der Waals surface area (Å²) in [4.78, 5) is 0. The van der Waals surface area contributed by atoms with Crippen molar-refractivity contribution in [3.8, 4) is 0 Å². The lowest BCUT2D eigenvalue weighted by Crippen LogP contribution is -2.42. The molecule has 2 N–H and O–H groups in total. The molecule has 1 aliphatic rings. The number of anilines is 1. The van der Waals surface area contributed by atoms with Crippen molar-refractivity contribution in [2.45, 2.75) is 12.0 Å². The lowest BCUT2D eigenvalue weighted by atomic mass is 9.99. The van der Waals surface area contributed by atoms with Crippen molar-refractivity contribution in [2.75, 3.05) is 25.1 Å². The van der Waals surface area contributed by atoms with Crippen LogP contribution < -0.4 is 5.32 Å². The molecule has 1 saturated heterocycles. The van der Waals surface area contributed by atoms with E-state index in [0.29, 0.717) is 18.2 Å². The summed E-state index contributed by atoms with van der Waals surface area (Å²) in [5, 5.41) is 13.4. The highest BCUT2D eigenvalue weighted by molar-refractivity contribution is 6.30. The summed E-state index contributed by atoms with van der Waals surface area (Å²) >= 11 is 5.80. The van der Waals surface area contributed by atoms with Crippen LogP contribution in [0.5, 0.6) is 0 Å². The van der Waals surface area contributed by atoms with E-state index >= 15 is 0 Å². The summed E-state index contributed by atoms with van der Waals surface area (Å²) in [7, 11) is 0. The van der Waals surface area contributed by atoms with Crippen LogP contribution in [-0.4, -0.2) is 30.5 Å². The topological polar surface area (TPSA) is 41.5 Å². The van der Waals surface area contributed by atoms with Crippen LogP contribution in [0, 0.1) is 0 Å². The summed E-state index contributed by atoms with van der Waals surface area (Å²) in [5.41, 5.74) is 0.632. The van der Waals surface area contributed by atoms with Crippen LogP contribution in [-0.2, 0) is 4.74 Å². The second kappa shape index (κ2) is 4.39. The molecule has 0 aliphatic carbocycles. The molecule has 4 heteroatoms. The first-order chi connectivity index (χ1) is 7.24. The monoisotopic (exact) mass is 227 g/mol. The van der Waals surface area contributed by atoms with Crippen LogP contribution in [0.2, 0.25) is 5.02 Å². The van der Waals surface area contributed by atoms with Gasteiger partial charge in [-0.05, 0) is 30.7 Å². The normalized spacial score (nSPS) is 25.5. The van der Waals surface area contributed by atoms with E-state index in [4.69, 9.17) is 16.3 Å². The molecular formula is C11H14ClNO2. The van der Waals surface area contributed by atoms with E-state index < -0.39 is 0 Å². The molecule has 1 aliphatic heterocycles. The van der Waals surface area contributed by atoms with Gasteiger partial charge < -0.3 is 15.2 Å². The maximum Gasteiger partial charge on any atom is 0.0859 e. The van der Waals surface area contributed by atoms with Gasteiger partial charge in [0.25, 0.3) is 0 Å². The minimum Gasteiger partial charge on any atom is -0.394 e. The van der Waals surface area contributed by atoms with Gasteiger partial charge in [-0.15, -0.1) is 0 Å². The van der Waals surface area contributed by atoms with E-state index in [9.17, 15) is 5.11 Å². The average molecular weight is 228 g/mol. The number of hydrogen-bond acceptors (Lipinski definition) is 3. The van der Waals surface area contributed by atoms with Crippen molar-refractivity contribution in [1.82, 2.24) is 0 Å².